The van der Waals surface area contributed by atoms with Crippen LogP contribution in [0.2, 0.25) is 0 Å². The Hall–Kier alpha value is -1.32. The molecule has 1 rings (SSSR count). The molecule has 0 aromatic carbocycles. The van der Waals surface area contributed by atoms with Crippen LogP contribution >= 0.6 is 0 Å². The average molecular weight is 182 g/mol. The fourth-order valence-corrected chi connectivity index (χ4v) is 1.19. The van der Waals surface area contributed by atoms with Crippen molar-refractivity contribution in [2.75, 3.05) is 0 Å². The molecule has 0 radical (unpaired) electrons. The number of ketones is 1. The lowest BCUT2D eigenvalue weighted by Crippen LogP contribution is -2.22. The van der Waals surface area contributed by atoms with Gasteiger partial charge in [0, 0.05) is 26.2 Å². The van der Waals surface area contributed by atoms with Crippen molar-refractivity contribution in [1.29, 1.82) is 0 Å². The zero-order chi connectivity index (χ0) is 10.2. The minimum absolute atomic E-state index is 0.000185. The maximum Gasteiger partial charge on any atom is 0.328 e. The van der Waals surface area contributed by atoms with Crippen molar-refractivity contribution in [2.45, 2.75) is 13.8 Å². The summed E-state index contributed by atoms with van der Waals surface area (Å²) in [6.45, 7) is 3.64. The maximum absolute atomic E-state index is 11.6. The summed E-state index contributed by atoms with van der Waals surface area (Å²) >= 11 is 0. The van der Waals surface area contributed by atoms with E-state index in [-0.39, 0.29) is 17.4 Å². The summed E-state index contributed by atoms with van der Waals surface area (Å²) in [6, 6.07) is 0. The number of aryl methyl sites for hydroxylation is 1. The van der Waals surface area contributed by atoms with Gasteiger partial charge in [-0.1, -0.05) is 13.8 Å². The van der Waals surface area contributed by atoms with Crippen molar-refractivity contribution in [3.63, 3.8) is 0 Å². The minimum atomic E-state index is -0.163. The predicted octanol–water partition coefficient (Wildman–Crippen LogP) is 0.562. The van der Waals surface area contributed by atoms with Crippen LogP contribution in [-0.4, -0.2) is 14.9 Å². The van der Waals surface area contributed by atoms with Gasteiger partial charge in [0.1, 0.15) is 5.69 Å². The standard InChI is InChI=1S/C9H14N2O2/c1-6(2)8(12)7-5-10(3)9(13)11(7)4/h5-6H,1-4H3. The Morgan fingerprint density at radius 1 is 1.38 bits per heavy atom. The molecule has 1 aromatic rings. The van der Waals surface area contributed by atoms with Crippen molar-refractivity contribution in [3.8, 4) is 0 Å². The second-order valence-corrected chi connectivity index (χ2v) is 3.49. The van der Waals surface area contributed by atoms with E-state index in [4.69, 9.17) is 0 Å². The molecule has 0 aliphatic carbocycles. The Bertz CT molecular complexity index is 385. The van der Waals surface area contributed by atoms with E-state index >= 15 is 0 Å². The number of nitrogens with zero attached hydrogens (tertiary/aromatic N) is 2. The molecular weight excluding hydrogens is 168 g/mol. The van der Waals surface area contributed by atoms with Gasteiger partial charge >= 0.3 is 5.69 Å². The van der Waals surface area contributed by atoms with Gasteiger partial charge in [0.05, 0.1) is 0 Å². The summed E-state index contributed by atoms with van der Waals surface area (Å²) in [7, 11) is 3.25. The van der Waals surface area contributed by atoms with E-state index in [0.29, 0.717) is 5.69 Å². The highest BCUT2D eigenvalue weighted by Gasteiger charge is 2.16. The molecule has 0 saturated carbocycles. The smallest absolute Gasteiger partial charge is 0.302 e. The van der Waals surface area contributed by atoms with Gasteiger partial charge in [0.2, 0.25) is 0 Å². The first-order valence-corrected chi connectivity index (χ1v) is 4.21. The third kappa shape index (κ3) is 1.56. The summed E-state index contributed by atoms with van der Waals surface area (Å²) in [4.78, 5) is 22.8. The van der Waals surface area contributed by atoms with Gasteiger partial charge in [-0.25, -0.2) is 4.79 Å². The van der Waals surface area contributed by atoms with Crippen molar-refractivity contribution in [2.24, 2.45) is 20.0 Å². The van der Waals surface area contributed by atoms with Crippen LogP contribution in [0.4, 0.5) is 0 Å². The second-order valence-electron chi connectivity index (χ2n) is 3.49. The zero-order valence-electron chi connectivity index (χ0n) is 8.37. The van der Waals surface area contributed by atoms with Crippen LogP contribution in [0.15, 0.2) is 11.0 Å². The Morgan fingerprint density at radius 2 is 1.92 bits per heavy atom. The molecule has 0 saturated heterocycles. The van der Waals surface area contributed by atoms with E-state index in [1.807, 2.05) is 13.8 Å². The first-order valence-electron chi connectivity index (χ1n) is 4.21. The highest BCUT2D eigenvalue weighted by Crippen LogP contribution is 2.05. The van der Waals surface area contributed by atoms with Crippen molar-refractivity contribution in [3.05, 3.63) is 22.4 Å². The van der Waals surface area contributed by atoms with Gasteiger partial charge < -0.3 is 4.57 Å². The number of rotatable bonds is 2. The van der Waals surface area contributed by atoms with Crippen molar-refractivity contribution < 1.29 is 4.79 Å². The van der Waals surface area contributed by atoms with Crippen LogP contribution in [0.3, 0.4) is 0 Å². The summed E-state index contributed by atoms with van der Waals surface area (Å²) in [5.41, 5.74) is 0.312. The number of carbonyl (C=O) groups is 1. The van der Waals surface area contributed by atoms with E-state index in [1.54, 1.807) is 20.3 Å². The summed E-state index contributed by atoms with van der Waals surface area (Å²) in [5, 5.41) is 0. The van der Waals surface area contributed by atoms with Crippen LogP contribution in [-0.2, 0) is 14.1 Å². The normalized spacial score (nSPS) is 10.8. The fourth-order valence-electron chi connectivity index (χ4n) is 1.19. The Labute approximate surface area is 76.8 Å². The third-order valence-corrected chi connectivity index (χ3v) is 2.04. The summed E-state index contributed by atoms with van der Waals surface area (Å²) < 4.78 is 2.79. The second kappa shape index (κ2) is 3.20. The third-order valence-electron chi connectivity index (χ3n) is 2.04. The number of carbonyl (C=O) groups excluding carboxylic acids is 1. The SMILES string of the molecule is CC(C)C(=O)c1cn(C)c(=O)n1C. The molecular formula is C9H14N2O2. The monoisotopic (exact) mass is 182 g/mol. The Morgan fingerprint density at radius 3 is 2.23 bits per heavy atom. The van der Waals surface area contributed by atoms with Crippen LogP contribution in [0.1, 0.15) is 24.3 Å². The average Bonchev–Trinajstić information content (AvgIpc) is 2.31. The van der Waals surface area contributed by atoms with E-state index in [2.05, 4.69) is 0 Å². The molecule has 0 bridgehead atoms. The molecule has 0 fully saturated rings. The molecule has 0 unspecified atom stereocenters. The number of hydrogen-bond donors (Lipinski definition) is 0. The lowest BCUT2D eigenvalue weighted by atomic mass is 10.1. The van der Waals surface area contributed by atoms with Crippen LogP contribution in [0.5, 0.6) is 0 Å². The Kier molecular flexibility index (Phi) is 2.40. The van der Waals surface area contributed by atoms with E-state index in [0.717, 1.165) is 0 Å². The molecule has 0 N–H and O–H groups in total. The van der Waals surface area contributed by atoms with E-state index < -0.39 is 0 Å². The lowest BCUT2D eigenvalue weighted by Gasteiger charge is -2.02. The molecule has 0 atom stereocenters. The minimum Gasteiger partial charge on any atom is -0.302 e. The molecule has 0 aliphatic heterocycles. The summed E-state index contributed by atoms with van der Waals surface area (Å²) in [5.74, 6) is -0.0757. The zero-order valence-corrected chi connectivity index (χ0v) is 8.37. The topological polar surface area (TPSA) is 44.0 Å². The fraction of sp³-hybridized carbons (Fsp3) is 0.556. The molecule has 4 heteroatoms. The molecule has 0 spiro atoms. The molecule has 1 heterocycles. The number of imidazole rings is 1. The molecule has 13 heavy (non-hydrogen) atoms. The lowest BCUT2D eigenvalue weighted by molar-refractivity contribution is 0.0931. The Balaban J connectivity index is 3.24. The largest absolute Gasteiger partial charge is 0.328 e. The molecule has 72 valence electrons. The summed E-state index contributed by atoms with van der Waals surface area (Å²) in [6.07, 6.45) is 1.57. The highest BCUT2D eigenvalue weighted by atomic mass is 16.2. The number of Topliss-reactive ketones (excluding diaryl/α,β-unsaturated/α-hetero) is 1. The van der Waals surface area contributed by atoms with Crippen molar-refractivity contribution in [1.82, 2.24) is 9.13 Å². The first-order chi connectivity index (χ1) is 5.95. The van der Waals surface area contributed by atoms with Crippen LogP contribution in [0.25, 0.3) is 0 Å². The maximum atomic E-state index is 11.6. The highest BCUT2D eigenvalue weighted by molar-refractivity contribution is 5.95. The molecule has 0 amide bonds. The van der Waals surface area contributed by atoms with Gasteiger partial charge in [-0.2, -0.15) is 0 Å². The quantitative estimate of drug-likeness (QED) is 0.627. The number of aromatic nitrogens is 2. The first kappa shape index (κ1) is 9.77. The van der Waals surface area contributed by atoms with Gasteiger partial charge in [-0.05, 0) is 0 Å². The van der Waals surface area contributed by atoms with Gasteiger partial charge in [0.15, 0.2) is 5.78 Å². The number of hydrogen-bond acceptors (Lipinski definition) is 2. The molecule has 0 aliphatic rings. The van der Waals surface area contributed by atoms with E-state index in [1.165, 1.54) is 9.13 Å². The molecule has 4 nitrogen and oxygen atoms in total. The van der Waals surface area contributed by atoms with Gasteiger partial charge in [0.25, 0.3) is 0 Å². The van der Waals surface area contributed by atoms with Gasteiger partial charge in [-0.3, -0.25) is 9.36 Å². The van der Waals surface area contributed by atoms with Crippen LogP contribution in [0, 0.1) is 5.92 Å². The van der Waals surface area contributed by atoms with Crippen LogP contribution < -0.4 is 5.69 Å². The predicted molar refractivity (Wildman–Crippen MR) is 49.8 cm³/mol. The van der Waals surface area contributed by atoms with Gasteiger partial charge in [-0.15, -0.1) is 0 Å². The molecule has 1 aromatic heterocycles. The van der Waals surface area contributed by atoms with E-state index in [9.17, 15) is 9.59 Å². The van der Waals surface area contributed by atoms with Crippen molar-refractivity contribution >= 4 is 5.78 Å².